The molecule has 1 unspecified atom stereocenters. The van der Waals surface area contributed by atoms with Crippen LogP contribution in [0.15, 0.2) is 97.1 Å². The number of aliphatic carboxylic acids is 1. The SMILES string of the molecule is COC(=O)c1cc(Cn2c3c(c4cc(OCc5ccccc5)ccc42)CC(C(=O)O)CC3)ccc1-c1ccccc1. The zero-order valence-electron chi connectivity index (χ0n) is 22.9. The summed E-state index contributed by atoms with van der Waals surface area (Å²) in [5.41, 5.74) is 7.58. The van der Waals surface area contributed by atoms with Crippen molar-refractivity contribution >= 4 is 22.8 Å². The molecule has 0 fully saturated rings. The van der Waals surface area contributed by atoms with Gasteiger partial charge >= 0.3 is 11.9 Å². The molecule has 0 saturated heterocycles. The Bertz CT molecular complexity index is 1720. The van der Waals surface area contributed by atoms with E-state index < -0.39 is 11.9 Å². The van der Waals surface area contributed by atoms with Crippen LogP contribution in [0.4, 0.5) is 0 Å². The zero-order chi connectivity index (χ0) is 28.3. The smallest absolute Gasteiger partial charge is 0.338 e. The Morgan fingerprint density at radius 3 is 2.39 bits per heavy atom. The lowest BCUT2D eigenvalue weighted by molar-refractivity contribution is -0.142. The molecule has 1 aliphatic carbocycles. The molecule has 1 N–H and O–H groups in total. The van der Waals surface area contributed by atoms with Gasteiger partial charge in [0.25, 0.3) is 0 Å². The van der Waals surface area contributed by atoms with Crippen LogP contribution in [-0.2, 0) is 35.5 Å². The van der Waals surface area contributed by atoms with Crippen LogP contribution in [-0.4, -0.2) is 28.7 Å². The van der Waals surface area contributed by atoms with Gasteiger partial charge in [-0.05, 0) is 71.3 Å². The maximum atomic E-state index is 12.8. The van der Waals surface area contributed by atoms with E-state index in [2.05, 4.69) is 10.6 Å². The standard InChI is InChI=1S/C35H31NO5/c1-40-35(39)31-18-24(12-15-28(31)25-10-6-3-7-11-25)21-36-32-16-13-26(34(37)38)19-29(32)30-20-27(14-17-33(30)36)41-22-23-8-4-2-5-9-23/h2-12,14-15,17-18,20,26H,13,16,19,21-22H2,1H3,(H,37,38). The van der Waals surface area contributed by atoms with Crippen molar-refractivity contribution in [3.8, 4) is 16.9 Å². The lowest BCUT2D eigenvalue weighted by Crippen LogP contribution is -2.23. The summed E-state index contributed by atoms with van der Waals surface area (Å²) in [6.07, 6.45) is 1.75. The molecule has 6 rings (SSSR count). The van der Waals surface area contributed by atoms with Crippen LogP contribution in [0, 0.1) is 5.92 Å². The summed E-state index contributed by atoms with van der Waals surface area (Å²) >= 11 is 0. The largest absolute Gasteiger partial charge is 0.489 e. The number of carboxylic acid groups (broad SMARTS) is 1. The van der Waals surface area contributed by atoms with E-state index in [1.165, 1.54) is 7.11 Å². The van der Waals surface area contributed by atoms with Crippen LogP contribution in [0.5, 0.6) is 5.75 Å². The Labute approximate surface area is 238 Å². The minimum Gasteiger partial charge on any atom is -0.489 e. The van der Waals surface area contributed by atoms with E-state index in [9.17, 15) is 14.7 Å². The predicted molar refractivity (Wildman–Crippen MR) is 158 cm³/mol. The summed E-state index contributed by atoms with van der Waals surface area (Å²) in [7, 11) is 1.40. The highest BCUT2D eigenvalue weighted by Gasteiger charge is 2.29. The molecule has 1 aromatic heterocycles. The minimum absolute atomic E-state index is 0.380. The molecule has 5 aromatic rings. The number of fused-ring (bicyclic) bond motifs is 3. The van der Waals surface area contributed by atoms with Crippen molar-refractivity contribution in [2.75, 3.05) is 7.11 Å². The average molecular weight is 546 g/mol. The fourth-order valence-electron chi connectivity index (χ4n) is 5.87. The van der Waals surface area contributed by atoms with Gasteiger partial charge in [-0.15, -0.1) is 0 Å². The van der Waals surface area contributed by atoms with E-state index in [-0.39, 0.29) is 5.97 Å². The van der Waals surface area contributed by atoms with E-state index in [1.807, 2.05) is 91.0 Å². The Balaban J connectivity index is 1.39. The van der Waals surface area contributed by atoms with Gasteiger partial charge in [-0.3, -0.25) is 4.79 Å². The fraction of sp³-hybridized carbons (Fsp3) is 0.200. The van der Waals surface area contributed by atoms with Crippen LogP contribution in [0.25, 0.3) is 22.0 Å². The van der Waals surface area contributed by atoms with Gasteiger partial charge in [0, 0.05) is 23.1 Å². The molecule has 4 aromatic carbocycles. The topological polar surface area (TPSA) is 77.8 Å². The quantitative estimate of drug-likeness (QED) is 0.214. The van der Waals surface area contributed by atoms with Crippen LogP contribution >= 0.6 is 0 Å². The number of esters is 1. The Hall–Kier alpha value is -4.84. The van der Waals surface area contributed by atoms with E-state index >= 15 is 0 Å². The first-order chi connectivity index (χ1) is 20.0. The molecule has 0 radical (unpaired) electrons. The van der Waals surface area contributed by atoms with Crippen molar-refractivity contribution in [3.05, 3.63) is 125 Å². The third kappa shape index (κ3) is 5.33. The van der Waals surface area contributed by atoms with Gasteiger partial charge in [0.15, 0.2) is 0 Å². The molecule has 1 aliphatic rings. The van der Waals surface area contributed by atoms with Gasteiger partial charge < -0.3 is 19.1 Å². The minimum atomic E-state index is -0.757. The molecule has 41 heavy (non-hydrogen) atoms. The van der Waals surface area contributed by atoms with Gasteiger partial charge in [0.05, 0.1) is 18.6 Å². The van der Waals surface area contributed by atoms with Crippen molar-refractivity contribution in [2.45, 2.75) is 32.4 Å². The number of benzene rings is 4. The average Bonchev–Trinajstić information content (AvgIpc) is 3.32. The summed E-state index contributed by atoms with van der Waals surface area (Å²) in [5.74, 6) is -0.799. The molecular formula is C35H31NO5. The van der Waals surface area contributed by atoms with E-state index in [4.69, 9.17) is 9.47 Å². The van der Waals surface area contributed by atoms with Gasteiger partial charge in [0.2, 0.25) is 0 Å². The third-order valence-corrected chi connectivity index (χ3v) is 7.95. The van der Waals surface area contributed by atoms with Crippen molar-refractivity contribution in [1.29, 1.82) is 0 Å². The molecule has 1 heterocycles. The van der Waals surface area contributed by atoms with Gasteiger partial charge in [-0.2, -0.15) is 0 Å². The number of carboxylic acids is 1. The number of ether oxygens (including phenoxy) is 2. The highest BCUT2D eigenvalue weighted by Crippen LogP contribution is 2.37. The molecule has 6 heteroatoms. The molecule has 6 nitrogen and oxygen atoms in total. The molecule has 1 atom stereocenters. The zero-order valence-corrected chi connectivity index (χ0v) is 22.9. The van der Waals surface area contributed by atoms with Crippen molar-refractivity contribution in [2.24, 2.45) is 5.92 Å². The van der Waals surface area contributed by atoms with Crippen LogP contribution in [0.2, 0.25) is 0 Å². The fourth-order valence-corrected chi connectivity index (χ4v) is 5.87. The first kappa shape index (κ1) is 26.4. The van der Waals surface area contributed by atoms with E-state index in [0.717, 1.165) is 50.2 Å². The van der Waals surface area contributed by atoms with Crippen LogP contribution in [0.3, 0.4) is 0 Å². The van der Waals surface area contributed by atoms with Gasteiger partial charge in [-0.25, -0.2) is 4.79 Å². The molecule has 0 saturated carbocycles. The second-order valence-electron chi connectivity index (χ2n) is 10.5. The molecule has 0 spiro atoms. The molecular weight excluding hydrogens is 514 g/mol. The number of methoxy groups -OCH3 is 1. The molecule has 0 amide bonds. The van der Waals surface area contributed by atoms with Crippen LogP contribution in [0.1, 0.15) is 39.2 Å². The summed E-state index contributed by atoms with van der Waals surface area (Å²) in [6, 6.07) is 31.8. The second-order valence-corrected chi connectivity index (χ2v) is 10.5. The number of carbonyl (C=O) groups is 2. The highest BCUT2D eigenvalue weighted by molar-refractivity contribution is 5.97. The second kappa shape index (κ2) is 11.3. The third-order valence-electron chi connectivity index (χ3n) is 7.95. The van der Waals surface area contributed by atoms with Crippen molar-refractivity contribution in [1.82, 2.24) is 4.57 Å². The highest BCUT2D eigenvalue weighted by atomic mass is 16.5. The van der Waals surface area contributed by atoms with E-state index in [0.29, 0.717) is 38.0 Å². The van der Waals surface area contributed by atoms with Crippen molar-refractivity contribution in [3.63, 3.8) is 0 Å². The van der Waals surface area contributed by atoms with Crippen LogP contribution < -0.4 is 4.74 Å². The number of hydrogen-bond donors (Lipinski definition) is 1. The lowest BCUT2D eigenvalue weighted by atomic mass is 9.86. The number of nitrogens with zero attached hydrogens (tertiary/aromatic N) is 1. The summed E-state index contributed by atoms with van der Waals surface area (Å²) in [5, 5.41) is 10.8. The summed E-state index contributed by atoms with van der Waals surface area (Å²) in [6.45, 7) is 1.00. The maximum Gasteiger partial charge on any atom is 0.338 e. The molecule has 206 valence electrons. The number of aromatic nitrogens is 1. The van der Waals surface area contributed by atoms with E-state index in [1.54, 1.807) is 0 Å². The Kier molecular flexibility index (Phi) is 7.30. The monoisotopic (exact) mass is 545 g/mol. The normalized spacial score (nSPS) is 14.4. The Morgan fingerprint density at radius 1 is 0.902 bits per heavy atom. The predicted octanol–water partition coefficient (Wildman–Crippen LogP) is 6.91. The number of rotatable bonds is 8. The number of hydrogen-bond acceptors (Lipinski definition) is 4. The summed E-state index contributed by atoms with van der Waals surface area (Å²) < 4.78 is 13.5. The number of carbonyl (C=O) groups excluding carboxylic acids is 1. The first-order valence-electron chi connectivity index (χ1n) is 13.8. The lowest BCUT2D eigenvalue weighted by Gasteiger charge is -2.21. The molecule has 0 aliphatic heterocycles. The van der Waals surface area contributed by atoms with Gasteiger partial charge in [-0.1, -0.05) is 72.8 Å². The summed E-state index contributed by atoms with van der Waals surface area (Å²) in [4.78, 5) is 24.7. The maximum absolute atomic E-state index is 12.8. The Morgan fingerprint density at radius 2 is 1.66 bits per heavy atom. The first-order valence-corrected chi connectivity index (χ1v) is 13.8. The van der Waals surface area contributed by atoms with Crippen molar-refractivity contribution < 1.29 is 24.2 Å². The molecule has 0 bridgehead atoms. The van der Waals surface area contributed by atoms with Gasteiger partial charge in [0.1, 0.15) is 12.4 Å².